The summed E-state index contributed by atoms with van der Waals surface area (Å²) in [5.74, 6) is -0.163. The van der Waals surface area contributed by atoms with Crippen molar-refractivity contribution in [3.63, 3.8) is 0 Å². The zero-order chi connectivity index (χ0) is 16.2. The number of Topliss-reactive ketones (excluding diaryl/α,β-unsaturated/α-hetero) is 1. The quantitative estimate of drug-likeness (QED) is 0.786. The van der Waals surface area contributed by atoms with Crippen molar-refractivity contribution in [2.75, 3.05) is 18.9 Å². The smallest absolute Gasteiger partial charge is 0.241 e. The molecule has 1 unspecified atom stereocenters. The van der Waals surface area contributed by atoms with E-state index in [0.29, 0.717) is 17.8 Å². The maximum absolute atomic E-state index is 12.2. The number of aliphatic hydroxyl groups is 1. The molecule has 0 bridgehead atoms. The number of amides is 1. The molecule has 0 radical (unpaired) electrons. The second-order valence-corrected chi connectivity index (χ2v) is 6.03. The second kappa shape index (κ2) is 6.83. The topological polar surface area (TPSA) is 69.6 Å². The highest BCUT2D eigenvalue weighted by Gasteiger charge is 2.23. The third-order valence-corrected chi connectivity index (χ3v) is 3.24. The average molecular weight is 292 g/mol. The summed E-state index contributed by atoms with van der Waals surface area (Å²) in [6.45, 7) is 7.08. The van der Waals surface area contributed by atoms with Crippen LogP contribution in [0.2, 0.25) is 0 Å². The fourth-order valence-electron chi connectivity index (χ4n) is 1.98. The van der Waals surface area contributed by atoms with E-state index < -0.39 is 5.60 Å². The average Bonchev–Trinajstić information content (AvgIpc) is 2.36. The Morgan fingerprint density at radius 1 is 1.29 bits per heavy atom. The molecule has 0 aliphatic heterocycles. The van der Waals surface area contributed by atoms with Crippen LogP contribution in [0.25, 0.3) is 0 Å². The lowest BCUT2D eigenvalue weighted by molar-refractivity contribution is -0.121. The van der Waals surface area contributed by atoms with Crippen LogP contribution in [-0.2, 0) is 4.79 Å². The normalized spacial score (nSPS) is 13.1. The second-order valence-electron chi connectivity index (χ2n) is 6.03. The van der Waals surface area contributed by atoms with Crippen LogP contribution in [-0.4, -0.2) is 46.9 Å². The first kappa shape index (κ1) is 17.3. The van der Waals surface area contributed by atoms with E-state index in [4.69, 9.17) is 0 Å². The number of rotatable bonds is 6. The van der Waals surface area contributed by atoms with Crippen LogP contribution in [0.5, 0.6) is 0 Å². The standard InChI is InChI=1S/C16H24N2O3/c1-11(18(5)10-16(3,4)21)15(20)17-14-8-6-13(7-9-14)12(2)19/h6-9,11,21H,10H2,1-5H3,(H,17,20). The molecule has 5 nitrogen and oxygen atoms in total. The molecule has 0 fully saturated rings. The van der Waals surface area contributed by atoms with E-state index in [9.17, 15) is 14.7 Å². The number of hydrogen-bond acceptors (Lipinski definition) is 4. The highest BCUT2D eigenvalue weighted by atomic mass is 16.3. The number of ketones is 1. The minimum Gasteiger partial charge on any atom is -0.389 e. The lowest BCUT2D eigenvalue weighted by atomic mass is 10.1. The lowest BCUT2D eigenvalue weighted by Crippen LogP contribution is -2.46. The first-order valence-corrected chi connectivity index (χ1v) is 6.94. The van der Waals surface area contributed by atoms with Gasteiger partial charge in [-0.25, -0.2) is 0 Å². The van der Waals surface area contributed by atoms with Gasteiger partial charge in [-0.15, -0.1) is 0 Å². The van der Waals surface area contributed by atoms with Crippen LogP contribution < -0.4 is 5.32 Å². The van der Waals surface area contributed by atoms with Gasteiger partial charge in [0.05, 0.1) is 11.6 Å². The molecular formula is C16H24N2O3. The molecular weight excluding hydrogens is 268 g/mol. The molecule has 1 aromatic carbocycles. The number of carbonyl (C=O) groups is 2. The Hall–Kier alpha value is -1.72. The zero-order valence-electron chi connectivity index (χ0n) is 13.3. The summed E-state index contributed by atoms with van der Waals surface area (Å²) in [5.41, 5.74) is 0.403. The summed E-state index contributed by atoms with van der Waals surface area (Å²) in [6, 6.07) is 6.41. The summed E-state index contributed by atoms with van der Waals surface area (Å²) < 4.78 is 0. The van der Waals surface area contributed by atoms with Crippen LogP contribution in [0.15, 0.2) is 24.3 Å². The SMILES string of the molecule is CC(=O)c1ccc(NC(=O)C(C)N(C)CC(C)(C)O)cc1. The molecule has 0 saturated carbocycles. The van der Waals surface area contributed by atoms with Crippen molar-refractivity contribution in [3.05, 3.63) is 29.8 Å². The molecule has 0 aliphatic carbocycles. The van der Waals surface area contributed by atoms with Gasteiger partial charge in [-0.2, -0.15) is 0 Å². The van der Waals surface area contributed by atoms with Crippen molar-refractivity contribution in [1.29, 1.82) is 0 Å². The van der Waals surface area contributed by atoms with Gasteiger partial charge >= 0.3 is 0 Å². The predicted molar refractivity (Wildman–Crippen MR) is 83.5 cm³/mol. The molecule has 0 aromatic heterocycles. The number of benzene rings is 1. The number of carbonyl (C=O) groups excluding carboxylic acids is 2. The van der Waals surface area contributed by atoms with Gasteiger partial charge in [0.1, 0.15) is 0 Å². The number of likely N-dealkylation sites (N-methyl/N-ethyl adjacent to an activating group) is 1. The zero-order valence-corrected chi connectivity index (χ0v) is 13.3. The van der Waals surface area contributed by atoms with E-state index in [1.807, 2.05) is 0 Å². The first-order chi connectivity index (χ1) is 9.60. The van der Waals surface area contributed by atoms with Crippen molar-refractivity contribution in [2.45, 2.75) is 39.3 Å². The van der Waals surface area contributed by atoms with Crippen molar-refractivity contribution in [1.82, 2.24) is 4.90 Å². The molecule has 1 rings (SSSR count). The van der Waals surface area contributed by atoms with Crippen LogP contribution in [0, 0.1) is 0 Å². The van der Waals surface area contributed by atoms with E-state index in [-0.39, 0.29) is 17.7 Å². The Labute approximate surface area is 126 Å². The molecule has 2 N–H and O–H groups in total. The van der Waals surface area contributed by atoms with E-state index in [0.717, 1.165) is 0 Å². The van der Waals surface area contributed by atoms with E-state index in [2.05, 4.69) is 5.32 Å². The predicted octanol–water partition coefficient (Wildman–Crippen LogP) is 1.92. The lowest BCUT2D eigenvalue weighted by Gasteiger charge is -2.29. The van der Waals surface area contributed by atoms with Gasteiger partial charge in [0.25, 0.3) is 0 Å². The van der Waals surface area contributed by atoms with Gasteiger partial charge in [0.15, 0.2) is 5.78 Å². The van der Waals surface area contributed by atoms with E-state index in [1.165, 1.54) is 6.92 Å². The number of anilines is 1. The minimum absolute atomic E-state index is 0.00819. The van der Waals surface area contributed by atoms with Crippen molar-refractivity contribution in [3.8, 4) is 0 Å². The van der Waals surface area contributed by atoms with Crippen LogP contribution >= 0.6 is 0 Å². The fourth-order valence-corrected chi connectivity index (χ4v) is 1.98. The van der Waals surface area contributed by atoms with Crippen molar-refractivity contribution in [2.24, 2.45) is 0 Å². The Morgan fingerprint density at radius 3 is 2.24 bits per heavy atom. The monoisotopic (exact) mass is 292 g/mol. The van der Waals surface area contributed by atoms with E-state index >= 15 is 0 Å². The Morgan fingerprint density at radius 2 is 1.81 bits per heavy atom. The highest BCUT2D eigenvalue weighted by molar-refractivity contribution is 5.96. The van der Waals surface area contributed by atoms with Crippen molar-refractivity contribution >= 4 is 17.4 Å². The third-order valence-electron chi connectivity index (χ3n) is 3.24. The maximum atomic E-state index is 12.2. The Kier molecular flexibility index (Phi) is 5.63. The molecule has 5 heteroatoms. The van der Waals surface area contributed by atoms with Gasteiger partial charge in [0, 0.05) is 17.8 Å². The van der Waals surface area contributed by atoms with Gasteiger partial charge in [-0.1, -0.05) is 0 Å². The van der Waals surface area contributed by atoms with Crippen LogP contribution in [0.1, 0.15) is 38.1 Å². The molecule has 1 amide bonds. The molecule has 1 aromatic rings. The molecule has 0 aliphatic rings. The number of hydrogen-bond donors (Lipinski definition) is 2. The summed E-state index contributed by atoms with van der Waals surface area (Å²) in [7, 11) is 1.79. The largest absolute Gasteiger partial charge is 0.389 e. The van der Waals surface area contributed by atoms with Crippen molar-refractivity contribution < 1.29 is 14.7 Å². The van der Waals surface area contributed by atoms with Gasteiger partial charge < -0.3 is 10.4 Å². The number of nitrogens with zero attached hydrogens (tertiary/aromatic N) is 1. The molecule has 0 saturated heterocycles. The van der Waals surface area contributed by atoms with E-state index in [1.54, 1.807) is 57.0 Å². The maximum Gasteiger partial charge on any atom is 0.241 e. The third kappa shape index (κ3) is 5.65. The molecule has 1 atom stereocenters. The summed E-state index contributed by atoms with van der Waals surface area (Å²) in [5, 5.41) is 12.6. The summed E-state index contributed by atoms with van der Waals surface area (Å²) >= 11 is 0. The first-order valence-electron chi connectivity index (χ1n) is 6.94. The van der Waals surface area contributed by atoms with Crippen LogP contribution in [0.4, 0.5) is 5.69 Å². The van der Waals surface area contributed by atoms with Gasteiger partial charge in [-0.3, -0.25) is 14.5 Å². The van der Waals surface area contributed by atoms with Gasteiger partial charge in [-0.05, 0) is 59.0 Å². The molecule has 21 heavy (non-hydrogen) atoms. The number of nitrogens with one attached hydrogen (secondary N) is 1. The molecule has 0 spiro atoms. The minimum atomic E-state index is -0.855. The molecule has 0 heterocycles. The Bertz CT molecular complexity index is 503. The van der Waals surface area contributed by atoms with Crippen LogP contribution in [0.3, 0.4) is 0 Å². The summed E-state index contributed by atoms with van der Waals surface area (Å²) in [4.78, 5) is 25.1. The Balaban J connectivity index is 2.65. The van der Waals surface area contributed by atoms with Gasteiger partial charge in [0.2, 0.25) is 5.91 Å². The summed E-state index contributed by atoms with van der Waals surface area (Å²) in [6.07, 6.45) is 0. The molecule has 116 valence electrons. The fraction of sp³-hybridized carbons (Fsp3) is 0.500. The highest BCUT2D eigenvalue weighted by Crippen LogP contribution is 2.12.